The molecule has 5 nitrogen and oxygen atoms in total. The zero-order chi connectivity index (χ0) is 21.6. The van der Waals surface area contributed by atoms with Crippen molar-refractivity contribution >= 4 is 22.5 Å². The maximum atomic E-state index is 9.20. The Labute approximate surface area is 186 Å². The van der Waals surface area contributed by atoms with Crippen molar-refractivity contribution in [2.24, 2.45) is 0 Å². The van der Waals surface area contributed by atoms with Crippen LogP contribution in [0.25, 0.3) is 22.2 Å². The molecule has 1 saturated heterocycles. The summed E-state index contributed by atoms with van der Waals surface area (Å²) in [5.41, 5.74) is 2.67. The summed E-state index contributed by atoms with van der Waals surface area (Å²) in [6, 6.07) is 12.1. The van der Waals surface area contributed by atoms with E-state index in [1.165, 1.54) is 19.3 Å². The average molecular weight is 427 g/mol. The van der Waals surface area contributed by atoms with Gasteiger partial charge in [0.05, 0.1) is 23.2 Å². The first-order valence-electron chi connectivity index (χ1n) is 10.3. The van der Waals surface area contributed by atoms with Crippen LogP contribution in [0, 0.1) is 17.9 Å². The van der Waals surface area contributed by atoms with E-state index < -0.39 is 0 Å². The molecule has 0 saturated carbocycles. The number of piperidine rings is 1. The quantitative estimate of drug-likeness (QED) is 0.423. The van der Waals surface area contributed by atoms with Crippen molar-refractivity contribution in [2.75, 3.05) is 18.0 Å². The molecule has 0 radical (unpaired) electrons. The van der Waals surface area contributed by atoms with Crippen molar-refractivity contribution in [3.8, 4) is 17.3 Å². The van der Waals surface area contributed by atoms with Crippen LogP contribution in [0.2, 0.25) is 0 Å². The molecule has 0 amide bonds. The molecule has 2 aliphatic heterocycles. The molecule has 1 aromatic carbocycles. The predicted octanol–water partition coefficient (Wildman–Crippen LogP) is 6.33. The summed E-state index contributed by atoms with van der Waals surface area (Å²) < 4.78 is 5.81. The van der Waals surface area contributed by atoms with Crippen LogP contribution in [-0.2, 0) is 4.74 Å². The molecule has 0 aliphatic carbocycles. The molecule has 1 fully saturated rings. The first kappa shape index (κ1) is 20.7. The minimum atomic E-state index is 0.0590. The van der Waals surface area contributed by atoms with E-state index in [9.17, 15) is 5.26 Å². The number of hydrogen-bond donors (Lipinski definition) is 0. The normalized spacial score (nSPS) is 18.0. The van der Waals surface area contributed by atoms with Gasteiger partial charge in [0.25, 0.3) is 5.70 Å². The highest BCUT2D eigenvalue weighted by molar-refractivity contribution is 7.16. The Morgan fingerprint density at radius 3 is 2.68 bits per heavy atom. The van der Waals surface area contributed by atoms with Gasteiger partial charge in [0.1, 0.15) is 11.5 Å². The topological polar surface area (TPSA) is 53.5 Å². The highest BCUT2D eigenvalue weighted by atomic mass is 32.1. The zero-order valence-corrected chi connectivity index (χ0v) is 18.2. The molecule has 2 aromatic rings. The van der Waals surface area contributed by atoms with E-state index in [0.717, 1.165) is 34.4 Å². The van der Waals surface area contributed by atoms with Gasteiger partial charge < -0.3 is 9.64 Å². The Kier molecular flexibility index (Phi) is 6.31. The number of nitriles is 1. The van der Waals surface area contributed by atoms with Gasteiger partial charge in [-0.1, -0.05) is 41.7 Å². The second-order valence-corrected chi connectivity index (χ2v) is 8.40. The highest BCUT2D eigenvalue weighted by Crippen LogP contribution is 2.35. The largest absolute Gasteiger partial charge is 0.462 e. The van der Waals surface area contributed by atoms with Crippen LogP contribution < -0.4 is 4.90 Å². The van der Waals surface area contributed by atoms with E-state index in [-0.39, 0.29) is 5.70 Å². The molecule has 0 unspecified atom stereocenters. The molecule has 2 aliphatic rings. The van der Waals surface area contributed by atoms with Gasteiger partial charge in [-0.25, -0.2) is 15.1 Å². The van der Waals surface area contributed by atoms with Gasteiger partial charge in [0, 0.05) is 18.7 Å². The maximum absolute atomic E-state index is 9.20. The number of anilines is 1. The summed E-state index contributed by atoms with van der Waals surface area (Å²) in [5, 5.41) is 10.2. The van der Waals surface area contributed by atoms with Crippen molar-refractivity contribution in [3.63, 3.8) is 0 Å². The lowest BCUT2D eigenvalue weighted by molar-refractivity contribution is 0.318. The van der Waals surface area contributed by atoms with Gasteiger partial charge in [0.2, 0.25) is 0 Å². The minimum Gasteiger partial charge on any atom is -0.462 e. The molecule has 0 atom stereocenters. The molecule has 0 bridgehead atoms. The van der Waals surface area contributed by atoms with E-state index in [1.54, 1.807) is 23.5 Å². The van der Waals surface area contributed by atoms with Crippen LogP contribution >= 0.6 is 11.3 Å². The molecule has 31 heavy (non-hydrogen) atoms. The average Bonchev–Trinajstić information content (AvgIpc) is 3.24. The van der Waals surface area contributed by atoms with Gasteiger partial charge in [-0.05, 0) is 56.1 Å². The van der Waals surface area contributed by atoms with Crippen molar-refractivity contribution in [1.29, 1.82) is 5.26 Å². The first-order chi connectivity index (χ1) is 15.2. The van der Waals surface area contributed by atoms with Crippen molar-refractivity contribution < 1.29 is 4.74 Å². The van der Waals surface area contributed by atoms with Gasteiger partial charge in [-0.3, -0.25) is 0 Å². The second kappa shape index (κ2) is 9.47. The van der Waals surface area contributed by atoms with Crippen molar-refractivity contribution in [1.82, 2.24) is 4.98 Å². The number of ether oxygens (including phenoxy) is 1. The number of allylic oxidation sites excluding steroid dienone is 6. The Bertz CT molecular complexity index is 1150. The number of nitrogens with zero attached hydrogens (tertiary/aromatic N) is 4. The Morgan fingerprint density at radius 1 is 1.19 bits per heavy atom. The fourth-order valence-electron chi connectivity index (χ4n) is 3.65. The third kappa shape index (κ3) is 4.77. The summed E-state index contributed by atoms with van der Waals surface area (Å²) in [7, 11) is 0. The third-order valence-corrected chi connectivity index (χ3v) is 6.22. The second-order valence-electron chi connectivity index (χ2n) is 7.39. The molecule has 4 rings (SSSR count). The molecule has 3 heterocycles. The van der Waals surface area contributed by atoms with Gasteiger partial charge >= 0.3 is 0 Å². The Morgan fingerprint density at radius 2 is 1.97 bits per heavy atom. The number of rotatable bonds is 4. The summed E-state index contributed by atoms with van der Waals surface area (Å²) in [6.07, 6.45) is 11.0. The minimum absolute atomic E-state index is 0.0590. The molecule has 154 valence electrons. The molecular formula is C25H22N4OS. The van der Waals surface area contributed by atoms with Gasteiger partial charge in [-0.15, -0.1) is 0 Å². The van der Waals surface area contributed by atoms with Crippen molar-refractivity contribution in [3.05, 3.63) is 87.6 Å². The zero-order valence-electron chi connectivity index (χ0n) is 17.3. The number of thiazole rings is 1. The lowest BCUT2D eigenvalue weighted by Gasteiger charge is -2.25. The lowest BCUT2D eigenvalue weighted by atomic mass is 10.1. The molecular weight excluding hydrogens is 404 g/mol. The fourth-order valence-corrected chi connectivity index (χ4v) is 4.69. The summed E-state index contributed by atoms with van der Waals surface area (Å²) in [6.45, 7) is 11.1. The van der Waals surface area contributed by atoms with Gasteiger partial charge in [-0.2, -0.15) is 0 Å². The van der Waals surface area contributed by atoms with E-state index >= 15 is 0 Å². The van der Waals surface area contributed by atoms with E-state index in [0.29, 0.717) is 17.1 Å². The monoisotopic (exact) mass is 426 g/mol. The van der Waals surface area contributed by atoms with Gasteiger partial charge in [0.15, 0.2) is 5.13 Å². The number of benzene rings is 1. The van der Waals surface area contributed by atoms with Crippen LogP contribution in [0.3, 0.4) is 0 Å². The SMILES string of the molecule is [C-]#[N+]C(C#N)=C1C=C(C)OC(C=Cc2sc(N3CCCCC3)nc2-c2ccccc2)=C1. The highest BCUT2D eigenvalue weighted by Gasteiger charge is 2.18. The predicted molar refractivity (Wildman–Crippen MR) is 125 cm³/mol. The molecule has 0 spiro atoms. The first-order valence-corrected chi connectivity index (χ1v) is 11.1. The summed E-state index contributed by atoms with van der Waals surface area (Å²) in [4.78, 5) is 11.7. The molecule has 1 aromatic heterocycles. The van der Waals surface area contributed by atoms with Crippen LogP contribution in [-0.4, -0.2) is 18.1 Å². The van der Waals surface area contributed by atoms with Crippen LogP contribution in [0.5, 0.6) is 0 Å². The van der Waals surface area contributed by atoms with Crippen LogP contribution in [0.15, 0.2) is 71.3 Å². The van der Waals surface area contributed by atoms with E-state index in [2.05, 4.69) is 21.9 Å². The Hall–Kier alpha value is -3.61. The molecule has 0 N–H and O–H groups in total. The third-order valence-electron chi connectivity index (χ3n) is 5.14. The lowest BCUT2D eigenvalue weighted by Crippen LogP contribution is -2.29. The fraction of sp³-hybridized carbons (Fsp3) is 0.240. The van der Waals surface area contributed by atoms with Crippen LogP contribution in [0.1, 0.15) is 31.1 Å². The number of aromatic nitrogens is 1. The summed E-state index contributed by atoms with van der Waals surface area (Å²) in [5.74, 6) is 1.24. The van der Waals surface area contributed by atoms with Crippen LogP contribution in [0.4, 0.5) is 5.13 Å². The van der Waals surface area contributed by atoms with E-state index in [1.807, 2.05) is 43.3 Å². The van der Waals surface area contributed by atoms with E-state index in [4.69, 9.17) is 16.3 Å². The summed E-state index contributed by atoms with van der Waals surface area (Å²) >= 11 is 1.68. The standard InChI is InChI=1S/C25H22N4OS/c1-18-15-20(22(17-26)27-2)16-21(30-18)11-12-23-24(19-9-5-3-6-10-19)28-25(31-23)29-13-7-4-8-14-29/h3,5-6,9-12,15-16H,4,7-8,13-14H2,1H3. The van der Waals surface area contributed by atoms with Crippen molar-refractivity contribution in [2.45, 2.75) is 26.2 Å². The number of hydrogen-bond acceptors (Lipinski definition) is 5. The smallest absolute Gasteiger partial charge is 0.269 e. The maximum Gasteiger partial charge on any atom is 0.269 e. The Balaban J connectivity index is 1.69. The molecule has 6 heteroatoms.